The van der Waals surface area contributed by atoms with E-state index in [2.05, 4.69) is 24.5 Å². The van der Waals surface area contributed by atoms with Crippen LogP contribution in [0.3, 0.4) is 0 Å². The van der Waals surface area contributed by atoms with Crippen molar-refractivity contribution in [1.29, 1.82) is 0 Å². The van der Waals surface area contributed by atoms with Crippen molar-refractivity contribution < 1.29 is 33.7 Å². The average Bonchev–Trinajstić information content (AvgIpc) is 2.52. The molecule has 144 valence electrons. The van der Waals surface area contributed by atoms with E-state index in [0.717, 1.165) is 0 Å². The van der Waals surface area contributed by atoms with Crippen molar-refractivity contribution in [3.8, 4) is 0 Å². The van der Waals surface area contributed by atoms with Crippen LogP contribution in [-0.4, -0.2) is 49.4 Å². The van der Waals surface area contributed by atoms with E-state index in [1.54, 1.807) is 20.8 Å². The summed E-state index contributed by atoms with van der Waals surface area (Å²) in [6.07, 6.45) is 0. The highest BCUT2D eigenvalue weighted by atomic mass is 16.6. The molecule has 0 saturated heterocycles. The van der Waals surface area contributed by atoms with Gasteiger partial charge in [0.05, 0.1) is 13.2 Å². The number of hydrogen-bond acceptors (Lipinski definition) is 6. The zero-order valence-electron chi connectivity index (χ0n) is 15.8. The minimum Gasteiger partial charge on any atom is -0.478 e. The Bertz CT molecular complexity index is 452. The summed E-state index contributed by atoms with van der Waals surface area (Å²) in [7, 11) is 0. The first-order chi connectivity index (χ1) is 11.5. The minimum atomic E-state index is -0.935. The van der Waals surface area contributed by atoms with Gasteiger partial charge in [-0.15, -0.1) is 0 Å². The molecule has 0 aliphatic heterocycles. The second-order valence-electron chi connectivity index (χ2n) is 4.70. The molecule has 0 aliphatic rings. The summed E-state index contributed by atoms with van der Waals surface area (Å²) in [4.78, 5) is 30.7. The van der Waals surface area contributed by atoms with E-state index in [4.69, 9.17) is 14.6 Å². The quantitative estimate of drug-likeness (QED) is 0.404. The molecule has 0 fully saturated rings. The summed E-state index contributed by atoms with van der Waals surface area (Å²) >= 11 is 0. The Balaban J connectivity index is -0.000000306. The maximum Gasteiger partial charge on any atom is 0.333 e. The lowest BCUT2D eigenvalue weighted by atomic mass is 10.4. The van der Waals surface area contributed by atoms with Gasteiger partial charge in [-0.1, -0.05) is 19.7 Å². The predicted octanol–water partition coefficient (Wildman–Crippen LogP) is 2.91. The molecule has 7 nitrogen and oxygen atoms in total. The van der Waals surface area contributed by atoms with Crippen molar-refractivity contribution >= 4 is 17.9 Å². The number of rotatable bonds is 8. The van der Waals surface area contributed by atoms with Crippen molar-refractivity contribution in [3.63, 3.8) is 0 Å². The third-order valence-electron chi connectivity index (χ3n) is 2.00. The van der Waals surface area contributed by atoms with Crippen LogP contribution < -0.4 is 0 Å². The largest absolute Gasteiger partial charge is 0.478 e. The van der Waals surface area contributed by atoms with E-state index in [0.29, 0.717) is 37.6 Å². The highest BCUT2D eigenvalue weighted by molar-refractivity contribution is 5.87. The van der Waals surface area contributed by atoms with Crippen LogP contribution in [0.25, 0.3) is 0 Å². The van der Waals surface area contributed by atoms with E-state index < -0.39 is 5.97 Å². The van der Waals surface area contributed by atoms with Crippen molar-refractivity contribution in [1.82, 2.24) is 0 Å². The summed E-state index contributed by atoms with van der Waals surface area (Å²) in [5.74, 6) is -1.60. The predicted molar refractivity (Wildman–Crippen MR) is 96.2 cm³/mol. The Morgan fingerprint density at radius 2 is 1.16 bits per heavy atom. The molecule has 0 aliphatic carbocycles. The second-order valence-corrected chi connectivity index (χ2v) is 4.70. The maximum atomic E-state index is 10.7. The van der Waals surface area contributed by atoms with Gasteiger partial charge in [0.2, 0.25) is 0 Å². The first-order valence-corrected chi connectivity index (χ1v) is 7.62. The average molecular weight is 358 g/mol. The molecule has 0 bridgehead atoms. The van der Waals surface area contributed by atoms with Gasteiger partial charge < -0.3 is 19.3 Å². The third-order valence-corrected chi connectivity index (χ3v) is 2.00. The summed E-state index contributed by atoms with van der Waals surface area (Å²) in [6, 6.07) is 0. The van der Waals surface area contributed by atoms with Crippen LogP contribution in [0, 0.1) is 0 Å². The lowest BCUT2D eigenvalue weighted by Gasteiger charge is -2.03. The lowest BCUT2D eigenvalue weighted by molar-refractivity contribution is -0.140. The summed E-state index contributed by atoms with van der Waals surface area (Å²) in [5.41, 5.74) is 1.04. The fraction of sp³-hybridized carbons (Fsp3) is 0.500. The second kappa shape index (κ2) is 17.9. The van der Waals surface area contributed by atoms with E-state index in [9.17, 15) is 14.4 Å². The van der Waals surface area contributed by atoms with Crippen molar-refractivity contribution in [3.05, 3.63) is 36.5 Å². The van der Waals surface area contributed by atoms with Crippen molar-refractivity contribution in [2.45, 2.75) is 34.6 Å². The fourth-order valence-electron chi connectivity index (χ4n) is 0.715. The number of carboxylic acids is 1. The molecule has 1 N–H and O–H groups in total. The number of esters is 2. The van der Waals surface area contributed by atoms with Gasteiger partial charge in [0.25, 0.3) is 0 Å². The van der Waals surface area contributed by atoms with Gasteiger partial charge in [-0.05, 0) is 34.6 Å². The highest BCUT2D eigenvalue weighted by Crippen LogP contribution is 1.91. The Kier molecular flexibility index (Phi) is 19.7. The zero-order valence-corrected chi connectivity index (χ0v) is 15.8. The highest BCUT2D eigenvalue weighted by Gasteiger charge is 2.01. The van der Waals surface area contributed by atoms with E-state index >= 15 is 0 Å². The number of carbonyl (C=O) groups excluding carboxylic acids is 2. The molecule has 0 spiro atoms. The molecule has 0 rings (SSSR count). The van der Waals surface area contributed by atoms with Gasteiger partial charge in [0, 0.05) is 23.3 Å². The minimum absolute atomic E-state index is 0.176. The summed E-state index contributed by atoms with van der Waals surface area (Å²) in [5, 5.41) is 7.89. The van der Waals surface area contributed by atoms with E-state index in [1.165, 1.54) is 6.92 Å². The molecule has 0 amide bonds. The lowest BCUT2D eigenvalue weighted by Crippen LogP contribution is -2.10. The number of ether oxygens (including phenoxy) is 3. The zero-order chi connectivity index (χ0) is 20.4. The molecule has 25 heavy (non-hydrogen) atoms. The van der Waals surface area contributed by atoms with Crippen LogP contribution in [0.1, 0.15) is 34.6 Å². The van der Waals surface area contributed by atoms with Gasteiger partial charge in [-0.25, -0.2) is 14.4 Å². The Morgan fingerprint density at radius 3 is 1.40 bits per heavy atom. The van der Waals surface area contributed by atoms with Crippen LogP contribution in [-0.2, 0) is 28.6 Å². The molecule has 0 aromatic heterocycles. The normalized spacial score (nSPS) is 8.52. The third kappa shape index (κ3) is 24.0. The Labute approximate surface area is 150 Å². The maximum absolute atomic E-state index is 10.7. The molecule has 0 radical (unpaired) electrons. The van der Waals surface area contributed by atoms with Crippen LogP contribution in [0.5, 0.6) is 0 Å². The Morgan fingerprint density at radius 1 is 0.760 bits per heavy atom. The fourth-order valence-corrected chi connectivity index (χ4v) is 0.715. The molecule has 0 atom stereocenters. The summed E-state index contributed by atoms with van der Waals surface area (Å²) < 4.78 is 14.3. The molecular weight excluding hydrogens is 328 g/mol. The van der Waals surface area contributed by atoms with E-state index in [-0.39, 0.29) is 17.5 Å². The SMILES string of the molecule is C=C(C)C(=O)O.C=C(C)C(=O)OCC.C=C(C)C(=O)OCCOCC. The van der Waals surface area contributed by atoms with Gasteiger partial charge in [0.1, 0.15) is 6.61 Å². The first-order valence-electron chi connectivity index (χ1n) is 7.62. The van der Waals surface area contributed by atoms with Gasteiger partial charge >= 0.3 is 17.9 Å². The standard InChI is InChI=1S/C8H14O3.C6H10O2.C4H6O2/c1-4-10-5-6-11-8(9)7(2)3;1-4-8-6(7)5(2)3;1-3(2)4(5)6/h2,4-6H2,1,3H3;2,4H2,1,3H3;1H2,2H3,(H,5,6). The molecule has 0 saturated carbocycles. The number of hydrogen-bond donors (Lipinski definition) is 1. The Hall–Kier alpha value is -2.41. The van der Waals surface area contributed by atoms with E-state index in [1.807, 2.05) is 6.92 Å². The van der Waals surface area contributed by atoms with Crippen LogP contribution in [0.2, 0.25) is 0 Å². The summed E-state index contributed by atoms with van der Waals surface area (Å²) in [6.45, 7) is 20.2. The topological polar surface area (TPSA) is 99.1 Å². The van der Waals surface area contributed by atoms with Crippen LogP contribution >= 0.6 is 0 Å². The molecule has 7 heteroatoms. The monoisotopic (exact) mass is 358 g/mol. The van der Waals surface area contributed by atoms with Crippen LogP contribution in [0.4, 0.5) is 0 Å². The number of aliphatic carboxylic acids is 1. The molecule has 0 heterocycles. The molecule has 0 aromatic rings. The van der Waals surface area contributed by atoms with Gasteiger partial charge in [-0.3, -0.25) is 0 Å². The van der Waals surface area contributed by atoms with Crippen molar-refractivity contribution in [2.75, 3.05) is 26.4 Å². The van der Waals surface area contributed by atoms with Crippen molar-refractivity contribution in [2.24, 2.45) is 0 Å². The molecule has 0 unspecified atom stereocenters. The molecular formula is C18H30O7. The van der Waals surface area contributed by atoms with Gasteiger partial charge in [-0.2, -0.15) is 0 Å². The number of carbonyl (C=O) groups is 3. The van der Waals surface area contributed by atoms with Crippen LogP contribution in [0.15, 0.2) is 36.5 Å². The smallest absolute Gasteiger partial charge is 0.333 e. The first kappa shape index (κ1) is 27.4. The molecule has 0 aromatic carbocycles. The van der Waals surface area contributed by atoms with Gasteiger partial charge in [0.15, 0.2) is 0 Å². The number of carboxylic acid groups (broad SMARTS) is 1.